The highest BCUT2D eigenvalue weighted by Gasteiger charge is 2.67. The lowest BCUT2D eigenvalue weighted by molar-refractivity contribution is -0.143. The van der Waals surface area contributed by atoms with Crippen LogP contribution in [0.5, 0.6) is 0 Å². The zero-order valence-corrected chi connectivity index (χ0v) is 13.9. The van der Waals surface area contributed by atoms with Crippen LogP contribution in [0.1, 0.15) is 22.3 Å². The number of imide groups is 1. The Labute approximate surface area is 152 Å². The molecule has 3 amide bonds. The van der Waals surface area contributed by atoms with Gasteiger partial charge in [-0.3, -0.25) is 19.8 Å². The summed E-state index contributed by atoms with van der Waals surface area (Å²) in [5.74, 6) is -1.54. The van der Waals surface area contributed by atoms with E-state index in [1.54, 1.807) is 0 Å². The molecule has 8 heteroatoms. The molecule has 0 aromatic heterocycles. The molecule has 2 saturated carbocycles. The average Bonchev–Trinajstić information content (AvgIpc) is 3.42. The molecule has 0 spiro atoms. The summed E-state index contributed by atoms with van der Waals surface area (Å²) in [6, 6.07) is 3.63. The predicted octanol–water partition coefficient (Wildman–Crippen LogP) is 2.40. The van der Waals surface area contributed by atoms with Crippen LogP contribution in [-0.4, -0.2) is 22.7 Å². The van der Waals surface area contributed by atoms with Gasteiger partial charge in [-0.1, -0.05) is 12.2 Å². The van der Waals surface area contributed by atoms with Crippen molar-refractivity contribution in [3.05, 3.63) is 47.5 Å². The fourth-order valence-electron chi connectivity index (χ4n) is 5.04. The SMILES string of the molecule is O=C(NN1C(=O)[C@@H]2C3C=CC([C@@H]4C[C@H]34)[C@@H]2C1=O)c1ccc(C(F)(F)F)cc1. The summed E-state index contributed by atoms with van der Waals surface area (Å²) in [5, 5.41) is 0.771. The van der Waals surface area contributed by atoms with Gasteiger partial charge in [0.05, 0.1) is 17.4 Å². The zero-order chi connectivity index (χ0) is 19.1. The Morgan fingerprint density at radius 1 is 0.963 bits per heavy atom. The van der Waals surface area contributed by atoms with Crippen molar-refractivity contribution in [1.82, 2.24) is 10.4 Å². The van der Waals surface area contributed by atoms with Crippen molar-refractivity contribution in [1.29, 1.82) is 0 Å². The highest BCUT2D eigenvalue weighted by atomic mass is 19.4. The van der Waals surface area contributed by atoms with Gasteiger partial charge in [0.1, 0.15) is 0 Å². The number of carbonyl (C=O) groups is 3. The van der Waals surface area contributed by atoms with E-state index in [4.69, 9.17) is 0 Å². The van der Waals surface area contributed by atoms with Crippen LogP contribution in [0.2, 0.25) is 0 Å². The average molecular weight is 376 g/mol. The summed E-state index contributed by atoms with van der Waals surface area (Å²) in [4.78, 5) is 37.9. The molecule has 4 aliphatic carbocycles. The minimum Gasteiger partial charge on any atom is -0.272 e. The van der Waals surface area contributed by atoms with E-state index in [2.05, 4.69) is 5.43 Å². The lowest BCUT2D eigenvalue weighted by atomic mass is 9.63. The molecule has 27 heavy (non-hydrogen) atoms. The molecule has 6 rings (SSSR count). The van der Waals surface area contributed by atoms with Gasteiger partial charge in [0.2, 0.25) is 0 Å². The maximum absolute atomic E-state index is 12.8. The first-order valence-corrected chi connectivity index (χ1v) is 8.82. The molecule has 5 aliphatic rings. The van der Waals surface area contributed by atoms with Crippen molar-refractivity contribution in [3.8, 4) is 0 Å². The normalized spacial score (nSPS) is 35.9. The van der Waals surface area contributed by atoms with Crippen LogP contribution < -0.4 is 5.43 Å². The summed E-state index contributed by atoms with van der Waals surface area (Å²) in [5.41, 5.74) is 1.37. The number of hydrazine groups is 1. The summed E-state index contributed by atoms with van der Waals surface area (Å²) in [6.07, 6.45) is 0.575. The van der Waals surface area contributed by atoms with E-state index in [9.17, 15) is 27.6 Å². The van der Waals surface area contributed by atoms with Crippen molar-refractivity contribution in [2.45, 2.75) is 12.6 Å². The van der Waals surface area contributed by atoms with E-state index in [1.807, 2.05) is 12.2 Å². The molecule has 0 radical (unpaired) electrons. The predicted molar refractivity (Wildman–Crippen MR) is 85.5 cm³/mol. The third-order valence-corrected chi connectivity index (χ3v) is 6.35. The van der Waals surface area contributed by atoms with Crippen molar-refractivity contribution in [2.75, 3.05) is 0 Å². The van der Waals surface area contributed by atoms with E-state index < -0.39 is 41.3 Å². The Bertz CT molecular complexity index is 856. The smallest absolute Gasteiger partial charge is 0.272 e. The highest BCUT2D eigenvalue weighted by molar-refractivity contribution is 6.08. The Balaban J connectivity index is 1.35. The molecule has 2 bridgehead atoms. The molecule has 140 valence electrons. The molecule has 3 fully saturated rings. The number of allylic oxidation sites excluding steroid dienone is 2. The maximum atomic E-state index is 12.8. The van der Waals surface area contributed by atoms with Gasteiger partial charge in [-0.25, -0.2) is 0 Å². The lowest BCUT2D eigenvalue weighted by Gasteiger charge is -2.37. The van der Waals surface area contributed by atoms with Gasteiger partial charge < -0.3 is 0 Å². The molecule has 1 aromatic rings. The summed E-state index contributed by atoms with van der Waals surface area (Å²) >= 11 is 0. The van der Waals surface area contributed by atoms with Gasteiger partial charge in [-0.15, -0.1) is 0 Å². The van der Waals surface area contributed by atoms with Crippen LogP contribution in [0.25, 0.3) is 0 Å². The molecule has 1 saturated heterocycles. The molecule has 1 heterocycles. The van der Waals surface area contributed by atoms with Crippen molar-refractivity contribution < 1.29 is 27.6 Å². The van der Waals surface area contributed by atoms with Crippen molar-refractivity contribution >= 4 is 17.7 Å². The standard InChI is InChI=1S/C19H15F3N2O3/c20-19(21,22)9-3-1-8(2-4-9)16(25)23-24-17(26)14-10-5-6-11(13-7-12(10)13)15(14)18(24)27/h1-6,10-15H,7H2,(H,23,25)/t10?,11?,12-,13+,14-,15+. The molecule has 5 nitrogen and oxygen atoms in total. The Morgan fingerprint density at radius 3 is 1.96 bits per heavy atom. The Hall–Kier alpha value is -2.64. The van der Waals surface area contributed by atoms with E-state index in [0.29, 0.717) is 11.8 Å². The summed E-state index contributed by atoms with van der Waals surface area (Å²) < 4.78 is 37.9. The van der Waals surface area contributed by atoms with Crippen LogP contribution in [0.4, 0.5) is 13.2 Å². The Morgan fingerprint density at radius 2 is 1.48 bits per heavy atom. The number of hydrogen-bond acceptors (Lipinski definition) is 3. The molecular formula is C19H15F3N2O3. The van der Waals surface area contributed by atoms with E-state index in [0.717, 1.165) is 35.7 Å². The van der Waals surface area contributed by atoms with Gasteiger partial charge in [0.15, 0.2) is 0 Å². The molecule has 1 N–H and O–H groups in total. The van der Waals surface area contributed by atoms with Crippen LogP contribution >= 0.6 is 0 Å². The summed E-state index contributed by atoms with van der Waals surface area (Å²) in [7, 11) is 0. The first-order valence-electron chi connectivity index (χ1n) is 8.82. The van der Waals surface area contributed by atoms with Gasteiger partial charge in [0.25, 0.3) is 17.7 Å². The number of amides is 3. The van der Waals surface area contributed by atoms with E-state index >= 15 is 0 Å². The topological polar surface area (TPSA) is 66.5 Å². The molecule has 2 unspecified atom stereocenters. The third-order valence-electron chi connectivity index (χ3n) is 6.35. The van der Waals surface area contributed by atoms with Crippen LogP contribution in [0.3, 0.4) is 0 Å². The molecule has 1 aromatic carbocycles. The largest absolute Gasteiger partial charge is 0.416 e. The zero-order valence-electron chi connectivity index (χ0n) is 13.9. The van der Waals surface area contributed by atoms with E-state index in [1.165, 1.54) is 0 Å². The number of nitrogens with one attached hydrogen (secondary N) is 1. The highest BCUT2D eigenvalue weighted by Crippen LogP contribution is 2.65. The monoisotopic (exact) mass is 376 g/mol. The fraction of sp³-hybridized carbons (Fsp3) is 0.421. The first kappa shape index (κ1) is 16.5. The first-order chi connectivity index (χ1) is 12.8. The summed E-state index contributed by atoms with van der Waals surface area (Å²) in [6.45, 7) is 0. The minimum absolute atomic E-state index is 0.0365. The molecule has 1 aliphatic heterocycles. The number of hydrogen-bond donors (Lipinski definition) is 1. The van der Waals surface area contributed by atoms with Gasteiger partial charge in [-0.05, 0) is 54.4 Å². The number of rotatable bonds is 2. The third kappa shape index (κ3) is 2.28. The molecular weight excluding hydrogens is 361 g/mol. The second-order valence-electron chi connectivity index (χ2n) is 7.68. The van der Waals surface area contributed by atoms with Gasteiger partial charge in [0, 0.05) is 5.56 Å². The Kier molecular flexibility index (Phi) is 3.19. The minimum atomic E-state index is -4.50. The second kappa shape index (κ2) is 5.21. The van der Waals surface area contributed by atoms with E-state index in [-0.39, 0.29) is 17.4 Å². The van der Waals surface area contributed by atoms with Crippen LogP contribution in [0, 0.1) is 35.5 Å². The number of benzene rings is 1. The quantitative estimate of drug-likeness (QED) is 0.637. The van der Waals surface area contributed by atoms with Crippen LogP contribution in [-0.2, 0) is 15.8 Å². The maximum Gasteiger partial charge on any atom is 0.416 e. The number of carbonyl (C=O) groups excluding carboxylic acids is 3. The number of halogens is 3. The fourth-order valence-corrected chi connectivity index (χ4v) is 5.04. The van der Waals surface area contributed by atoms with Gasteiger partial charge in [-0.2, -0.15) is 18.2 Å². The van der Waals surface area contributed by atoms with Crippen molar-refractivity contribution in [2.24, 2.45) is 35.5 Å². The van der Waals surface area contributed by atoms with Crippen molar-refractivity contribution in [3.63, 3.8) is 0 Å². The van der Waals surface area contributed by atoms with Crippen LogP contribution in [0.15, 0.2) is 36.4 Å². The number of nitrogens with zero attached hydrogens (tertiary/aromatic N) is 1. The number of alkyl halides is 3. The lowest BCUT2D eigenvalue weighted by Crippen LogP contribution is -2.46. The van der Waals surface area contributed by atoms with Gasteiger partial charge >= 0.3 is 6.18 Å². The second-order valence-corrected chi connectivity index (χ2v) is 7.68. The molecule has 6 atom stereocenters.